The number of hydrogen-bond donors (Lipinski definition) is 1. The van der Waals surface area contributed by atoms with E-state index < -0.39 is 0 Å². The van der Waals surface area contributed by atoms with Gasteiger partial charge in [-0.15, -0.1) is 12.4 Å². The van der Waals surface area contributed by atoms with Crippen LogP contribution in [0.15, 0.2) is 0 Å². The average Bonchev–Trinajstić information content (AvgIpc) is 2.37. The molecule has 2 aliphatic heterocycles. The highest BCUT2D eigenvalue weighted by Gasteiger charge is 2.22. The molecule has 18 heavy (non-hydrogen) atoms. The normalized spacial score (nSPS) is 25.6. The van der Waals surface area contributed by atoms with Crippen molar-refractivity contribution in [3.8, 4) is 0 Å². The molecule has 0 aromatic rings. The number of thioether (sulfide) groups is 1. The maximum Gasteiger partial charge on any atom is 0.222 e. The third-order valence-corrected chi connectivity index (χ3v) is 4.96. The molecular weight excluding hydrogens is 268 g/mol. The Labute approximate surface area is 121 Å². The molecular formula is C13H25ClN2OS. The number of amides is 1. The van der Waals surface area contributed by atoms with Gasteiger partial charge in [0, 0.05) is 30.5 Å². The number of nitrogens with zero attached hydrogens (tertiary/aromatic N) is 1. The van der Waals surface area contributed by atoms with E-state index in [0.717, 1.165) is 50.7 Å². The summed E-state index contributed by atoms with van der Waals surface area (Å²) >= 11 is 1.98. The van der Waals surface area contributed by atoms with Crippen molar-refractivity contribution in [3.05, 3.63) is 0 Å². The van der Waals surface area contributed by atoms with Crippen LogP contribution in [0.1, 0.15) is 32.6 Å². The number of carbonyl (C=O) groups is 1. The lowest BCUT2D eigenvalue weighted by atomic mass is 9.93. The number of hydrogen-bond acceptors (Lipinski definition) is 3. The quantitative estimate of drug-likeness (QED) is 0.865. The summed E-state index contributed by atoms with van der Waals surface area (Å²) in [6.45, 7) is 6.40. The largest absolute Gasteiger partial charge is 0.341 e. The van der Waals surface area contributed by atoms with Crippen LogP contribution in [0.2, 0.25) is 0 Å². The number of rotatable bonds is 3. The highest BCUT2D eigenvalue weighted by molar-refractivity contribution is 7.99. The molecule has 2 aliphatic rings. The number of piperidine rings is 1. The topological polar surface area (TPSA) is 32.3 Å². The Morgan fingerprint density at radius 3 is 2.78 bits per heavy atom. The smallest absolute Gasteiger partial charge is 0.222 e. The fourth-order valence-electron chi connectivity index (χ4n) is 2.70. The van der Waals surface area contributed by atoms with E-state index in [4.69, 9.17) is 0 Å². The first-order chi connectivity index (χ1) is 8.25. The summed E-state index contributed by atoms with van der Waals surface area (Å²) in [5, 5.41) is 3.99. The molecule has 2 fully saturated rings. The summed E-state index contributed by atoms with van der Waals surface area (Å²) in [7, 11) is 0. The van der Waals surface area contributed by atoms with Crippen LogP contribution in [0.5, 0.6) is 0 Å². The minimum atomic E-state index is 0. The van der Waals surface area contributed by atoms with Crippen LogP contribution >= 0.6 is 24.2 Å². The average molecular weight is 293 g/mol. The van der Waals surface area contributed by atoms with E-state index in [2.05, 4.69) is 17.1 Å². The Balaban J connectivity index is 0.00000162. The van der Waals surface area contributed by atoms with Crippen LogP contribution in [0.25, 0.3) is 0 Å². The van der Waals surface area contributed by atoms with Crippen molar-refractivity contribution in [2.24, 2.45) is 5.92 Å². The Hall–Kier alpha value is 0.0700. The van der Waals surface area contributed by atoms with E-state index in [1.54, 1.807) is 0 Å². The molecule has 2 heterocycles. The minimum Gasteiger partial charge on any atom is -0.341 e. The lowest BCUT2D eigenvalue weighted by molar-refractivity contribution is -0.131. The van der Waals surface area contributed by atoms with E-state index in [1.165, 1.54) is 12.8 Å². The van der Waals surface area contributed by atoms with Crippen LogP contribution < -0.4 is 5.32 Å². The second-order valence-electron chi connectivity index (χ2n) is 5.25. The Bertz CT molecular complexity index is 259. The zero-order chi connectivity index (χ0) is 12.1. The predicted molar refractivity (Wildman–Crippen MR) is 80.6 cm³/mol. The van der Waals surface area contributed by atoms with Crippen LogP contribution in [0.4, 0.5) is 0 Å². The molecule has 0 aliphatic carbocycles. The monoisotopic (exact) mass is 292 g/mol. The summed E-state index contributed by atoms with van der Waals surface area (Å²) < 4.78 is 0. The molecule has 0 spiro atoms. The molecule has 1 N–H and O–H groups in total. The zero-order valence-electron chi connectivity index (χ0n) is 11.2. The van der Waals surface area contributed by atoms with Crippen molar-refractivity contribution < 1.29 is 4.79 Å². The first-order valence-corrected chi connectivity index (χ1v) is 7.90. The predicted octanol–water partition coefficient (Wildman–Crippen LogP) is 2.15. The minimum absolute atomic E-state index is 0. The van der Waals surface area contributed by atoms with Gasteiger partial charge in [-0.1, -0.05) is 6.92 Å². The molecule has 0 radical (unpaired) electrons. The van der Waals surface area contributed by atoms with Gasteiger partial charge in [-0.05, 0) is 38.3 Å². The van der Waals surface area contributed by atoms with E-state index in [0.29, 0.717) is 11.2 Å². The number of halogens is 1. The summed E-state index contributed by atoms with van der Waals surface area (Å²) in [5.74, 6) is 2.27. The Morgan fingerprint density at radius 2 is 2.11 bits per heavy atom. The molecule has 3 nitrogen and oxygen atoms in total. The van der Waals surface area contributed by atoms with Crippen LogP contribution in [-0.4, -0.2) is 48.0 Å². The van der Waals surface area contributed by atoms with E-state index in [9.17, 15) is 4.79 Å². The van der Waals surface area contributed by atoms with Crippen LogP contribution in [0, 0.1) is 5.92 Å². The first-order valence-electron chi connectivity index (χ1n) is 6.86. The standard InChI is InChI=1S/C13H24N2OS.ClH/c1-11-10-15(8-9-17-11)13(16)3-2-12-4-6-14-7-5-12;/h11-12,14H,2-10H2,1H3;1H. The molecule has 0 aromatic carbocycles. The first kappa shape index (κ1) is 16.1. The second kappa shape index (κ2) is 8.28. The van der Waals surface area contributed by atoms with Gasteiger partial charge in [-0.3, -0.25) is 4.79 Å². The SMILES string of the molecule is CC1CN(C(=O)CCC2CCNCC2)CCS1.Cl. The molecule has 2 saturated heterocycles. The Morgan fingerprint density at radius 1 is 1.39 bits per heavy atom. The van der Waals surface area contributed by atoms with Gasteiger partial charge in [0.25, 0.3) is 0 Å². The highest BCUT2D eigenvalue weighted by Crippen LogP contribution is 2.21. The van der Waals surface area contributed by atoms with Crippen molar-refractivity contribution >= 4 is 30.1 Å². The van der Waals surface area contributed by atoms with Crippen molar-refractivity contribution in [1.82, 2.24) is 10.2 Å². The fourth-order valence-corrected chi connectivity index (χ4v) is 3.71. The molecule has 0 saturated carbocycles. The fraction of sp³-hybridized carbons (Fsp3) is 0.923. The molecule has 1 unspecified atom stereocenters. The molecule has 0 bridgehead atoms. The second-order valence-corrected chi connectivity index (χ2v) is 6.80. The molecule has 2 rings (SSSR count). The number of carbonyl (C=O) groups excluding carboxylic acids is 1. The number of nitrogens with one attached hydrogen (secondary N) is 1. The van der Waals surface area contributed by atoms with Crippen LogP contribution in [0.3, 0.4) is 0 Å². The Kier molecular flexibility index (Phi) is 7.42. The highest BCUT2D eigenvalue weighted by atomic mass is 35.5. The summed E-state index contributed by atoms with van der Waals surface area (Å²) in [6.07, 6.45) is 4.36. The molecule has 106 valence electrons. The van der Waals surface area contributed by atoms with Gasteiger partial charge in [0.05, 0.1) is 0 Å². The van der Waals surface area contributed by atoms with Crippen LogP contribution in [-0.2, 0) is 4.79 Å². The van der Waals surface area contributed by atoms with Crippen molar-refractivity contribution in [1.29, 1.82) is 0 Å². The summed E-state index contributed by atoms with van der Waals surface area (Å²) in [5.41, 5.74) is 0. The van der Waals surface area contributed by atoms with Crippen molar-refractivity contribution in [2.75, 3.05) is 31.9 Å². The van der Waals surface area contributed by atoms with Gasteiger partial charge < -0.3 is 10.2 Å². The van der Waals surface area contributed by atoms with E-state index in [1.807, 2.05) is 11.8 Å². The third kappa shape index (κ3) is 4.98. The van der Waals surface area contributed by atoms with Crippen molar-refractivity contribution in [3.63, 3.8) is 0 Å². The maximum atomic E-state index is 12.1. The van der Waals surface area contributed by atoms with Gasteiger partial charge in [0.15, 0.2) is 0 Å². The molecule has 5 heteroatoms. The van der Waals surface area contributed by atoms with Gasteiger partial charge in [-0.25, -0.2) is 0 Å². The van der Waals surface area contributed by atoms with Gasteiger partial charge in [0.2, 0.25) is 5.91 Å². The molecule has 0 aromatic heterocycles. The van der Waals surface area contributed by atoms with Gasteiger partial charge >= 0.3 is 0 Å². The van der Waals surface area contributed by atoms with E-state index >= 15 is 0 Å². The zero-order valence-corrected chi connectivity index (χ0v) is 12.8. The molecule has 1 amide bonds. The lowest BCUT2D eigenvalue weighted by Crippen LogP contribution is -2.41. The van der Waals surface area contributed by atoms with Crippen molar-refractivity contribution in [2.45, 2.75) is 37.9 Å². The third-order valence-electron chi connectivity index (χ3n) is 3.82. The summed E-state index contributed by atoms with van der Waals surface area (Å²) in [6, 6.07) is 0. The van der Waals surface area contributed by atoms with Gasteiger partial charge in [0.1, 0.15) is 0 Å². The molecule has 1 atom stereocenters. The summed E-state index contributed by atoms with van der Waals surface area (Å²) in [4.78, 5) is 14.2. The maximum absolute atomic E-state index is 12.1. The van der Waals surface area contributed by atoms with Gasteiger partial charge in [-0.2, -0.15) is 11.8 Å². The van der Waals surface area contributed by atoms with E-state index in [-0.39, 0.29) is 12.4 Å². The lowest BCUT2D eigenvalue weighted by Gasteiger charge is -2.31.